The van der Waals surface area contributed by atoms with Gasteiger partial charge in [0.05, 0.1) is 11.4 Å². The summed E-state index contributed by atoms with van der Waals surface area (Å²) in [5, 5.41) is 11.6. The predicted octanol–water partition coefficient (Wildman–Crippen LogP) is 3.42. The van der Waals surface area contributed by atoms with E-state index in [0.717, 1.165) is 48.6 Å². The zero-order chi connectivity index (χ0) is 20.6. The molecule has 1 saturated heterocycles. The molecule has 0 aliphatic carbocycles. The third-order valence-electron chi connectivity index (χ3n) is 5.95. The molecule has 1 aromatic heterocycles. The molecule has 0 bridgehead atoms. The number of hydrogen-bond acceptors (Lipinski definition) is 3. The van der Waals surface area contributed by atoms with Gasteiger partial charge in [-0.05, 0) is 58.7 Å². The monoisotopic (exact) mass is 396 g/mol. The first-order chi connectivity index (χ1) is 14.1. The van der Waals surface area contributed by atoms with Gasteiger partial charge in [0.1, 0.15) is 0 Å². The van der Waals surface area contributed by atoms with Crippen molar-refractivity contribution in [3.8, 4) is 5.69 Å². The quantitative estimate of drug-likeness (QED) is 0.428. The molecule has 1 aliphatic heterocycles. The Morgan fingerprint density at radius 2 is 1.97 bits per heavy atom. The van der Waals surface area contributed by atoms with Gasteiger partial charge in [-0.2, -0.15) is 5.10 Å². The second-order valence-electron chi connectivity index (χ2n) is 7.98. The molecule has 29 heavy (non-hydrogen) atoms. The van der Waals surface area contributed by atoms with Crippen LogP contribution in [0.1, 0.15) is 49.6 Å². The molecule has 6 heteroatoms. The van der Waals surface area contributed by atoms with Gasteiger partial charge in [-0.1, -0.05) is 24.6 Å². The minimum Gasteiger partial charge on any atom is -0.356 e. The largest absolute Gasteiger partial charge is 0.356 e. The number of rotatable bonds is 7. The van der Waals surface area contributed by atoms with Gasteiger partial charge >= 0.3 is 0 Å². The predicted molar refractivity (Wildman–Crippen MR) is 121 cm³/mol. The van der Waals surface area contributed by atoms with Gasteiger partial charge in [0, 0.05) is 44.0 Å². The fraction of sp³-hybridized carbons (Fsp3) is 0.565. The Labute approximate surface area is 175 Å². The van der Waals surface area contributed by atoms with E-state index < -0.39 is 0 Å². The van der Waals surface area contributed by atoms with Gasteiger partial charge in [-0.15, -0.1) is 0 Å². The Kier molecular flexibility index (Phi) is 7.69. The van der Waals surface area contributed by atoms with Crippen molar-refractivity contribution in [2.24, 2.45) is 4.99 Å². The summed E-state index contributed by atoms with van der Waals surface area (Å²) >= 11 is 0. The third-order valence-corrected chi connectivity index (χ3v) is 5.95. The van der Waals surface area contributed by atoms with Crippen LogP contribution in [0.15, 0.2) is 35.3 Å². The SMILES string of the molecule is CN=C(NCCCN1CCCCC1C)NCc1c(C)nn(-c2ccccc2)c1C. The highest BCUT2D eigenvalue weighted by Gasteiger charge is 2.17. The number of para-hydroxylation sites is 1. The van der Waals surface area contributed by atoms with Crippen molar-refractivity contribution in [3.05, 3.63) is 47.3 Å². The molecule has 0 spiro atoms. The summed E-state index contributed by atoms with van der Waals surface area (Å²) in [6.07, 6.45) is 5.20. The van der Waals surface area contributed by atoms with Gasteiger partial charge in [-0.25, -0.2) is 4.68 Å². The average Bonchev–Trinajstić information content (AvgIpc) is 3.03. The topological polar surface area (TPSA) is 57.5 Å². The number of piperidine rings is 1. The molecule has 2 N–H and O–H groups in total. The molecule has 6 nitrogen and oxygen atoms in total. The van der Waals surface area contributed by atoms with Crippen molar-refractivity contribution >= 4 is 5.96 Å². The number of aryl methyl sites for hydroxylation is 1. The number of hydrogen-bond donors (Lipinski definition) is 2. The summed E-state index contributed by atoms with van der Waals surface area (Å²) in [5.41, 5.74) is 4.52. The number of likely N-dealkylation sites (tertiary alicyclic amines) is 1. The van der Waals surface area contributed by atoms with Gasteiger partial charge in [0.15, 0.2) is 5.96 Å². The van der Waals surface area contributed by atoms with Crippen molar-refractivity contribution in [1.29, 1.82) is 0 Å². The van der Waals surface area contributed by atoms with Crippen molar-refractivity contribution in [2.75, 3.05) is 26.7 Å². The lowest BCUT2D eigenvalue weighted by Gasteiger charge is -2.33. The summed E-state index contributed by atoms with van der Waals surface area (Å²) in [7, 11) is 1.83. The second kappa shape index (κ2) is 10.4. The molecule has 1 unspecified atom stereocenters. The zero-order valence-electron chi connectivity index (χ0n) is 18.4. The molecule has 1 aliphatic rings. The lowest BCUT2D eigenvalue weighted by Crippen LogP contribution is -2.41. The highest BCUT2D eigenvalue weighted by Crippen LogP contribution is 2.18. The Morgan fingerprint density at radius 1 is 1.17 bits per heavy atom. The van der Waals surface area contributed by atoms with E-state index in [4.69, 9.17) is 5.10 Å². The van der Waals surface area contributed by atoms with Crippen LogP contribution in [-0.4, -0.2) is 53.4 Å². The molecule has 158 valence electrons. The molecule has 1 atom stereocenters. The summed E-state index contributed by atoms with van der Waals surface area (Å²) < 4.78 is 2.02. The first-order valence-electron chi connectivity index (χ1n) is 10.9. The fourth-order valence-electron chi connectivity index (χ4n) is 4.12. The second-order valence-corrected chi connectivity index (χ2v) is 7.98. The number of guanidine groups is 1. The highest BCUT2D eigenvalue weighted by molar-refractivity contribution is 5.79. The van der Waals surface area contributed by atoms with E-state index in [1.165, 1.54) is 31.4 Å². The normalized spacial score (nSPS) is 18.1. The van der Waals surface area contributed by atoms with Crippen LogP contribution in [0.4, 0.5) is 0 Å². The number of aliphatic imine (C=N–C) groups is 1. The minimum atomic E-state index is 0.716. The van der Waals surface area contributed by atoms with Crippen LogP contribution >= 0.6 is 0 Å². The van der Waals surface area contributed by atoms with E-state index >= 15 is 0 Å². The fourth-order valence-corrected chi connectivity index (χ4v) is 4.12. The van der Waals surface area contributed by atoms with E-state index in [0.29, 0.717) is 6.54 Å². The van der Waals surface area contributed by atoms with Crippen LogP contribution in [0, 0.1) is 13.8 Å². The average molecular weight is 397 g/mol. The first kappa shape index (κ1) is 21.4. The Morgan fingerprint density at radius 3 is 2.69 bits per heavy atom. The van der Waals surface area contributed by atoms with E-state index in [9.17, 15) is 0 Å². The molecule has 3 rings (SSSR count). The standard InChI is InChI=1S/C23H36N6/c1-18-11-8-9-15-28(18)16-10-14-25-23(24-4)26-17-22-19(2)27-29(20(22)3)21-12-6-5-7-13-21/h5-7,12-13,18H,8-11,14-17H2,1-4H3,(H2,24,25,26). The lowest BCUT2D eigenvalue weighted by atomic mass is 10.0. The maximum atomic E-state index is 4.73. The summed E-state index contributed by atoms with van der Waals surface area (Å²) in [6, 6.07) is 11.0. The van der Waals surface area contributed by atoms with Gasteiger partial charge in [-0.3, -0.25) is 4.99 Å². The molecular formula is C23H36N6. The molecule has 1 fully saturated rings. The number of benzene rings is 1. The van der Waals surface area contributed by atoms with Crippen LogP contribution < -0.4 is 10.6 Å². The summed E-state index contributed by atoms with van der Waals surface area (Å²) in [6.45, 7) is 10.6. The van der Waals surface area contributed by atoms with Crippen molar-refractivity contribution in [3.63, 3.8) is 0 Å². The van der Waals surface area contributed by atoms with Crippen LogP contribution in [0.25, 0.3) is 5.69 Å². The van der Waals surface area contributed by atoms with Crippen molar-refractivity contribution in [1.82, 2.24) is 25.3 Å². The Hall–Kier alpha value is -2.34. The first-order valence-corrected chi connectivity index (χ1v) is 10.9. The van der Waals surface area contributed by atoms with E-state index in [2.05, 4.69) is 53.4 Å². The minimum absolute atomic E-state index is 0.716. The molecular weight excluding hydrogens is 360 g/mol. The molecule has 0 amide bonds. The maximum Gasteiger partial charge on any atom is 0.191 e. The molecule has 0 saturated carbocycles. The van der Waals surface area contributed by atoms with Crippen LogP contribution in [0.5, 0.6) is 0 Å². The molecule has 2 aromatic rings. The van der Waals surface area contributed by atoms with Gasteiger partial charge in [0.25, 0.3) is 0 Å². The van der Waals surface area contributed by atoms with Crippen LogP contribution in [0.2, 0.25) is 0 Å². The summed E-state index contributed by atoms with van der Waals surface area (Å²) in [5.74, 6) is 0.850. The highest BCUT2D eigenvalue weighted by atomic mass is 15.3. The number of nitrogens with one attached hydrogen (secondary N) is 2. The molecule has 0 radical (unpaired) electrons. The maximum absolute atomic E-state index is 4.73. The van der Waals surface area contributed by atoms with E-state index in [-0.39, 0.29) is 0 Å². The molecule has 1 aromatic carbocycles. The van der Waals surface area contributed by atoms with Crippen LogP contribution in [-0.2, 0) is 6.54 Å². The smallest absolute Gasteiger partial charge is 0.191 e. The van der Waals surface area contributed by atoms with Crippen LogP contribution in [0.3, 0.4) is 0 Å². The van der Waals surface area contributed by atoms with Gasteiger partial charge in [0.2, 0.25) is 0 Å². The van der Waals surface area contributed by atoms with Crippen molar-refractivity contribution < 1.29 is 0 Å². The van der Waals surface area contributed by atoms with Crippen molar-refractivity contribution in [2.45, 2.75) is 59.0 Å². The molecule has 2 heterocycles. The Balaban J connectivity index is 1.49. The summed E-state index contributed by atoms with van der Waals surface area (Å²) in [4.78, 5) is 7.00. The number of nitrogens with zero attached hydrogens (tertiary/aromatic N) is 4. The zero-order valence-corrected chi connectivity index (χ0v) is 18.4. The van der Waals surface area contributed by atoms with Gasteiger partial charge < -0.3 is 15.5 Å². The van der Waals surface area contributed by atoms with E-state index in [1.54, 1.807) is 0 Å². The lowest BCUT2D eigenvalue weighted by molar-refractivity contribution is 0.159. The third kappa shape index (κ3) is 5.60. The Bertz CT molecular complexity index is 795. The van der Waals surface area contributed by atoms with E-state index in [1.807, 2.05) is 29.9 Å². The number of aromatic nitrogens is 2.